The molecule has 0 atom stereocenters. The monoisotopic (exact) mass is 788 g/mol. The lowest BCUT2D eigenvalue weighted by Crippen LogP contribution is -1.91. The van der Waals surface area contributed by atoms with Crippen LogP contribution in [0.3, 0.4) is 0 Å². The van der Waals surface area contributed by atoms with Gasteiger partial charge in [0.1, 0.15) is 0 Å². The Hall–Kier alpha value is -8.20. The molecule has 11 rings (SSSR count). The molecular weight excluding hydrogens is 749 g/mol. The molecule has 0 aliphatic rings. The van der Waals surface area contributed by atoms with Crippen LogP contribution in [-0.2, 0) is 0 Å². The smallest absolute Gasteiger partial charge is 0.0715 e. The van der Waals surface area contributed by atoms with Crippen molar-refractivity contribution in [2.45, 2.75) is 0 Å². The van der Waals surface area contributed by atoms with E-state index in [1.165, 1.54) is 54.9 Å². The lowest BCUT2D eigenvalue weighted by Gasteiger charge is -2.12. The van der Waals surface area contributed by atoms with Crippen molar-refractivity contribution in [3.8, 4) is 89.5 Å². The standard InChI is InChI=1S/C60H40N2/c1-5-14-41(15-6-1)57-37-55(38-58(61-57)42-16-7-2-8-17-42)53-30-28-49-33-47(24-26-51(49)35-53)45-22-13-23-46(32-45)48-25-27-52-36-54(31-29-50(52)34-48)56-39-59(43-18-9-3-10-19-43)62-60(40-56)44-20-11-4-12-21-44/h1-40H. The van der Waals surface area contributed by atoms with E-state index in [1.54, 1.807) is 0 Å². The zero-order chi connectivity index (χ0) is 41.2. The number of pyridine rings is 2. The summed E-state index contributed by atoms with van der Waals surface area (Å²) in [5, 5.41) is 4.82. The van der Waals surface area contributed by atoms with Crippen LogP contribution >= 0.6 is 0 Å². The minimum absolute atomic E-state index is 0.966. The molecule has 0 saturated heterocycles. The topological polar surface area (TPSA) is 25.8 Å². The number of hydrogen-bond acceptors (Lipinski definition) is 2. The van der Waals surface area contributed by atoms with Crippen molar-refractivity contribution < 1.29 is 0 Å². The summed E-state index contributed by atoms with van der Waals surface area (Å²) in [5.41, 5.74) is 17.7. The molecule has 0 amide bonds. The summed E-state index contributed by atoms with van der Waals surface area (Å²) in [6, 6.07) is 86.6. The van der Waals surface area contributed by atoms with E-state index >= 15 is 0 Å². The number of hydrogen-bond donors (Lipinski definition) is 0. The molecule has 11 aromatic rings. The maximum absolute atomic E-state index is 5.09. The van der Waals surface area contributed by atoms with E-state index in [-0.39, 0.29) is 0 Å². The Morgan fingerprint density at radius 1 is 0.161 bits per heavy atom. The molecule has 0 saturated carbocycles. The third-order valence-electron chi connectivity index (χ3n) is 11.8. The lowest BCUT2D eigenvalue weighted by atomic mass is 9.94. The molecule has 0 radical (unpaired) electrons. The second kappa shape index (κ2) is 16.1. The van der Waals surface area contributed by atoms with E-state index in [2.05, 4.69) is 218 Å². The van der Waals surface area contributed by atoms with Crippen molar-refractivity contribution in [3.05, 3.63) is 243 Å². The van der Waals surface area contributed by atoms with Crippen molar-refractivity contribution in [2.24, 2.45) is 0 Å². The predicted molar refractivity (Wildman–Crippen MR) is 261 cm³/mol. The van der Waals surface area contributed by atoms with Crippen LogP contribution in [0, 0.1) is 0 Å². The molecular formula is C60H40N2. The van der Waals surface area contributed by atoms with E-state index in [0.29, 0.717) is 0 Å². The van der Waals surface area contributed by atoms with E-state index < -0.39 is 0 Å². The number of aromatic nitrogens is 2. The molecule has 0 spiro atoms. The summed E-state index contributed by atoms with van der Waals surface area (Å²) in [4.78, 5) is 10.2. The average molecular weight is 789 g/mol. The summed E-state index contributed by atoms with van der Waals surface area (Å²) in [5.74, 6) is 0. The molecule has 0 aliphatic heterocycles. The lowest BCUT2D eigenvalue weighted by molar-refractivity contribution is 1.32. The Morgan fingerprint density at radius 3 is 0.694 bits per heavy atom. The molecule has 0 fully saturated rings. The minimum Gasteiger partial charge on any atom is -0.248 e. The molecule has 62 heavy (non-hydrogen) atoms. The molecule has 2 nitrogen and oxygen atoms in total. The Morgan fingerprint density at radius 2 is 0.403 bits per heavy atom. The highest BCUT2D eigenvalue weighted by atomic mass is 14.7. The molecule has 0 unspecified atom stereocenters. The zero-order valence-electron chi connectivity index (χ0n) is 34.0. The zero-order valence-corrected chi connectivity index (χ0v) is 34.0. The summed E-state index contributed by atoms with van der Waals surface area (Å²) in [7, 11) is 0. The van der Waals surface area contributed by atoms with Crippen LogP contribution in [0.4, 0.5) is 0 Å². The SMILES string of the molecule is c1ccc(-c2cc(-c3ccc4cc(-c5cccc(-c6ccc7cc(-c8cc(-c9ccccc9)nc(-c9ccccc9)c8)ccc7c6)c5)ccc4c3)cc(-c3ccccc3)n2)cc1. The van der Waals surface area contributed by atoms with Gasteiger partial charge in [0.05, 0.1) is 22.8 Å². The van der Waals surface area contributed by atoms with Gasteiger partial charge in [0.25, 0.3) is 0 Å². The summed E-state index contributed by atoms with van der Waals surface area (Å²) in [6.07, 6.45) is 0. The molecule has 290 valence electrons. The van der Waals surface area contributed by atoms with Gasteiger partial charge < -0.3 is 0 Å². The molecule has 0 bridgehead atoms. The van der Waals surface area contributed by atoms with Crippen molar-refractivity contribution >= 4 is 21.5 Å². The molecule has 2 heteroatoms. The third kappa shape index (κ3) is 7.47. The fraction of sp³-hybridized carbons (Fsp3) is 0. The van der Waals surface area contributed by atoms with Gasteiger partial charge in [-0.15, -0.1) is 0 Å². The Balaban J connectivity index is 0.889. The number of benzene rings is 9. The molecule has 0 aliphatic carbocycles. The first-order chi connectivity index (χ1) is 30.7. The fourth-order valence-electron chi connectivity index (χ4n) is 8.51. The van der Waals surface area contributed by atoms with Crippen LogP contribution in [0.25, 0.3) is 111 Å². The predicted octanol–water partition coefficient (Wildman–Crippen LogP) is 16.1. The van der Waals surface area contributed by atoms with Crippen molar-refractivity contribution in [1.82, 2.24) is 9.97 Å². The minimum atomic E-state index is 0.966. The van der Waals surface area contributed by atoms with Crippen LogP contribution in [-0.4, -0.2) is 9.97 Å². The van der Waals surface area contributed by atoms with Gasteiger partial charge in [-0.25, -0.2) is 9.97 Å². The van der Waals surface area contributed by atoms with Crippen LogP contribution in [0.15, 0.2) is 243 Å². The van der Waals surface area contributed by atoms with Gasteiger partial charge >= 0.3 is 0 Å². The number of rotatable bonds is 8. The summed E-state index contributed by atoms with van der Waals surface area (Å²) in [6.45, 7) is 0. The van der Waals surface area contributed by atoms with Gasteiger partial charge in [-0.2, -0.15) is 0 Å². The van der Waals surface area contributed by atoms with Crippen LogP contribution in [0.2, 0.25) is 0 Å². The van der Waals surface area contributed by atoms with E-state index in [0.717, 1.165) is 56.2 Å². The third-order valence-corrected chi connectivity index (χ3v) is 11.8. The van der Waals surface area contributed by atoms with Gasteiger partial charge in [0, 0.05) is 22.3 Å². The number of fused-ring (bicyclic) bond motifs is 2. The maximum atomic E-state index is 5.09. The van der Waals surface area contributed by atoms with Gasteiger partial charge in [-0.1, -0.05) is 188 Å². The average Bonchev–Trinajstić information content (AvgIpc) is 3.36. The summed E-state index contributed by atoms with van der Waals surface area (Å²) >= 11 is 0. The Kier molecular flexibility index (Phi) is 9.57. The van der Waals surface area contributed by atoms with E-state index in [9.17, 15) is 0 Å². The van der Waals surface area contributed by atoms with Crippen LogP contribution < -0.4 is 0 Å². The second-order valence-corrected chi connectivity index (χ2v) is 15.9. The normalized spacial score (nSPS) is 11.2. The first-order valence-electron chi connectivity index (χ1n) is 21.1. The first-order valence-corrected chi connectivity index (χ1v) is 21.1. The highest BCUT2D eigenvalue weighted by Gasteiger charge is 2.13. The molecule has 2 aromatic heterocycles. The van der Waals surface area contributed by atoms with Gasteiger partial charge in [0.15, 0.2) is 0 Å². The van der Waals surface area contributed by atoms with Gasteiger partial charge in [-0.05, 0) is 121 Å². The van der Waals surface area contributed by atoms with Crippen molar-refractivity contribution in [2.75, 3.05) is 0 Å². The van der Waals surface area contributed by atoms with Crippen LogP contribution in [0.1, 0.15) is 0 Å². The molecule has 9 aromatic carbocycles. The highest BCUT2D eigenvalue weighted by Crippen LogP contribution is 2.36. The Bertz CT molecular complexity index is 3040. The van der Waals surface area contributed by atoms with Gasteiger partial charge in [0.2, 0.25) is 0 Å². The number of nitrogens with zero attached hydrogens (tertiary/aromatic N) is 2. The van der Waals surface area contributed by atoms with E-state index in [1.807, 2.05) is 24.3 Å². The first kappa shape index (κ1) is 36.8. The molecule has 0 N–H and O–H groups in total. The fourth-order valence-corrected chi connectivity index (χ4v) is 8.51. The second-order valence-electron chi connectivity index (χ2n) is 15.9. The van der Waals surface area contributed by atoms with Crippen LogP contribution in [0.5, 0.6) is 0 Å². The van der Waals surface area contributed by atoms with E-state index in [4.69, 9.17) is 9.97 Å². The largest absolute Gasteiger partial charge is 0.248 e. The Labute approximate surface area is 362 Å². The maximum Gasteiger partial charge on any atom is 0.0715 e. The quantitative estimate of drug-likeness (QED) is 0.153. The van der Waals surface area contributed by atoms with Crippen molar-refractivity contribution in [3.63, 3.8) is 0 Å². The van der Waals surface area contributed by atoms with Crippen molar-refractivity contribution in [1.29, 1.82) is 0 Å². The highest BCUT2D eigenvalue weighted by molar-refractivity contribution is 5.94. The van der Waals surface area contributed by atoms with Gasteiger partial charge in [-0.3, -0.25) is 0 Å². The summed E-state index contributed by atoms with van der Waals surface area (Å²) < 4.78 is 0. The molecule has 2 heterocycles.